The fourth-order valence-electron chi connectivity index (χ4n) is 6.92. The molecule has 5 unspecified atom stereocenters. The van der Waals surface area contributed by atoms with Crippen LogP contribution in [0.15, 0.2) is 0 Å². The van der Waals surface area contributed by atoms with E-state index in [4.69, 9.17) is 46.2 Å². The number of nitrogens with two attached hydrogens (primary N) is 2. The first kappa shape index (κ1) is 71.3. The number of aliphatic hydroxyl groups excluding tert-OH is 3. The summed E-state index contributed by atoms with van der Waals surface area (Å²) in [7, 11) is 5.25. The summed E-state index contributed by atoms with van der Waals surface area (Å²) in [5, 5.41) is 92.6. The third kappa shape index (κ3) is 21.7. The van der Waals surface area contributed by atoms with Crippen LogP contribution in [0.3, 0.4) is 0 Å². The molecule has 2 heterocycles. The topological polar surface area (TPSA) is 547 Å². The number of carboxylic acid groups (broad SMARTS) is 7. The van der Waals surface area contributed by atoms with E-state index < -0.39 is 168 Å². The van der Waals surface area contributed by atoms with Crippen molar-refractivity contribution in [3.63, 3.8) is 0 Å². The zero-order chi connectivity index (χ0) is 56.5. The molecule has 76 heavy (non-hydrogen) atoms. The van der Waals surface area contributed by atoms with Crippen molar-refractivity contribution in [2.75, 3.05) is 35.0 Å². The minimum atomic E-state index is -1.41. The van der Waals surface area contributed by atoms with Crippen LogP contribution in [0.4, 0.5) is 0 Å². The van der Waals surface area contributed by atoms with Gasteiger partial charge in [0.2, 0.25) is 11.8 Å². The molecular weight excluding hydrogens is 1520 g/mol. The third-order valence-electron chi connectivity index (χ3n) is 11.7. The van der Waals surface area contributed by atoms with Gasteiger partial charge in [-0.15, -0.1) is 0 Å². The van der Waals surface area contributed by atoms with Crippen molar-refractivity contribution >= 4 is 77.3 Å². The molecule has 2 amide bonds. The quantitative estimate of drug-likeness (QED) is 0.0392. The van der Waals surface area contributed by atoms with Gasteiger partial charge in [0.05, 0.1) is 93.3 Å². The number of methoxy groups -OCH3 is 3. The number of aliphatic hydroxyl groups is 3. The van der Waals surface area contributed by atoms with Gasteiger partial charge < -0.3 is 86.8 Å². The van der Waals surface area contributed by atoms with Crippen molar-refractivity contribution < 1.29 is 132 Å². The Morgan fingerprint density at radius 2 is 0.842 bits per heavy atom. The van der Waals surface area contributed by atoms with Crippen molar-refractivity contribution in [3.05, 3.63) is 0 Å². The number of carboxylic acids is 7. The molecule has 16 N–H and O–H groups in total. The first-order valence-electron chi connectivity index (χ1n) is 21.9. The molecule has 0 bridgehead atoms. The number of ketones is 1. The zero-order valence-corrected chi connectivity index (χ0v) is 45.2. The van der Waals surface area contributed by atoms with E-state index in [0.717, 1.165) is 0 Å². The Morgan fingerprint density at radius 3 is 1.09 bits per heavy atom. The fourth-order valence-corrected chi connectivity index (χ4v) is 6.92. The molecule has 31 nitrogen and oxygen atoms in total. The number of hydrogen-bond acceptors (Lipinski definition) is 22. The maximum Gasteiger partial charge on any atom is 0.325 e. The van der Waals surface area contributed by atoms with Crippen molar-refractivity contribution in [2.45, 2.75) is 95.4 Å². The second-order valence-electron chi connectivity index (χ2n) is 17.0. The first-order valence-corrected chi connectivity index (χ1v) is 21.9. The molecule has 0 spiro atoms. The molecule has 2 aliphatic heterocycles. The van der Waals surface area contributed by atoms with Gasteiger partial charge in [0.15, 0.2) is 0 Å². The molecule has 7 fully saturated rings. The second kappa shape index (κ2) is 31.6. The van der Waals surface area contributed by atoms with E-state index in [0.29, 0.717) is 25.7 Å². The van der Waals surface area contributed by atoms with Gasteiger partial charge in [-0.25, -0.2) is 0 Å². The Morgan fingerprint density at radius 1 is 0.513 bits per heavy atom. The smallest absolute Gasteiger partial charge is 0.325 e. The molecular formula is C43H66Fm2N4O27. The Hall–Kier alpha value is -8.93. The SMILES string of the molecule is C.CC(=O)NC1C(CC(=O)[C@H]2C[C@@H]2C(=O)O)OC(CO)C(O)C1O.CN.COC(=O)[C@H]1C[C@@H]1C(=O)O.COC(=O)[C@H]1C[C@@H]1C(=O)O.COC(=O)[C@H]1N[C@@H]1C(=O)O.NC(=O)[C@H]1C[C@@H]1C(=O)O.O=C(O)[C@H]1C[C@@H]1C(=O)O.[Fm].[Fm]. The van der Waals surface area contributed by atoms with Crippen LogP contribution in [0, 0.1) is 59.2 Å². The van der Waals surface area contributed by atoms with Crippen LogP contribution >= 0.6 is 0 Å². The van der Waals surface area contributed by atoms with Crippen molar-refractivity contribution in [3.8, 4) is 0 Å². The fraction of sp³-hybridized carbons (Fsp3) is 0.698. The number of nitrogens with one attached hydrogen (secondary N) is 2. The molecule has 2 saturated heterocycles. The largest absolute Gasteiger partial charge is 0.481 e. The number of primary amides is 1. The zero-order valence-electron chi connectivity index (χ0n) is 40.4. The normalized spacial score (nSPS) is 31.1. The number of esters is 3. The minimum absolute atomic E-state index is 0. The molecule has 33 heteroatoms. The van der Waals surface area contributed by atoms with E-state index in [1.807, 2.05) is 0 Å². The number of amides is 2. The van der Waals surface area contributed by atoms with Gasteiger partial charge in [0, 0.05) is 19.3 Å². The second-order valence-corrected chi connectivity index (χ2v) is 17.0. The van der Waals surface area contributed by atoms with Gasteiger partial charge in [-0.05, 0) is 39.2 Å². The van der Waals surface area contributed by atoms with Crippen LogP contribution in [0.5, 0.6) is 0 Å². The number of carbonyl (C=O) groups is 13. The van der Waals surface area contributed by atoms with Crippen LogP contribution in [-0.4, -0.2) is 206 Å². The van der Waals surface area contributed by atoms with E-state index in [9.17, 15) is 77.6 Å². The number of ether oxygens (including phenoxy) is 4. The molecule has 0 aromatic carbocycles. The first-order chi connectivity index (χ1) is 34.0. The summed E-state index contributed by atoms with van der Waals surface area (Å²) in [6.07, 6.45) is -3.20. The average Bonchev–Trinajstić information content (AvgIpc) is 4.11. The Labute approximate surface area is 420 Å². The van der Waals surface area contributed by atoms with Gasteiger partial charge in [0.25, 0.3) is 0 Å². The standard InChI is InChI=1S/C14H21NO8.2C6H8O4.C5H7NO4.C5H7NO3.C5H6O4.CH5N.CH4.2Fm/c1-5(17)15-11-9(23-10(4-16)12(19)13(11)20)3-8(18)6-2-7(6)14(21)22;2*1-10-6(9)4-2-3(4)5(7)8;1-10-5(9)3-2(6-3)4(7)8;2*6-4(7)2-1-3(2)5(8)9;1-2;;;/h6-7,9-13,16,19-20H,2-4H2,1H3,(H,15,17)(H,21,22);2*3-4H,2H2,1H3,(H,7,8);2-3,6H,1H3,(H,7,8);2-3H,1H2,(H2,6,7)(H,8,9);2-3H,1H2,(H,6,7)(H,8,9);2H2,1H3;1H4;;/t6-,7-,9?,10?,11?,12?,13?;2*3-,4-;3*2-,3-;;;;/m000000..../s1. The van der Waals surface area contributed by atoms with Crippen LogP contribution in [0.25, 0.3) is 0 Å². The predicted molar refractivity (Wildman–Crippen MR) is 239 cm³/mol. The molecule has 5 saturated carbocycles. The monoisotopic (exact) mass is 1580 g/mol. The van der Waals surface area contributed by atoms with E-state index in [1.165, 1.54) is 35.3 Å². The Bertz CT molecular complexity index is 1910. The van der Waals surface area contributed by atoms with Crippen LogP contribution < -0.4 is 22.1 Å². The van der Waals surface area contributed by atoms with Crippen molar-refractivity contribution in [1.82, 2.24) is 10.6 Å². The molecule has 7 rings (SSSR count). The average molecular weight is 1590 g/mol. The summed E-state index contributed by atoms with van der Waals surface area (Å²) in [6.45, 7) is 0.661. The minimum Gasteiger partial charge on any atom is -0.481 e. The van der Waals surface area contributed by atoms with Crippen LogP contribution in [0.2, 0.25) is 0 Å². The van der Waals surface area contributed by atoms with Crippen molar-refractivity contribution in [1.29, 1.82) is 0 Å². The summed E-state index contributed by atoms with van der Waals surface area (Å²) >= 11 is 0. The molecule has 0 aromatic heterocycles. The molecule has 0 aromatic rings. The van der Waals surface area contributed by atoms with Crippen LogP contribution in [-0.2, 0) is 81.3 Å². The van der Waals surface area contributed by atoms with Gasteiger partial charge in [0.1, 0.15) is 36.2 Å². The van der Waals surface area contributed by atoms with Gasteiger partial charge in [-0.1, -0.05) is 7.43 Å². The van der Waals surface area contributed by atoms with Gasteiger partial charge >= 0.3 is 59.7 Å². The van der Waals surface area contributed by atoms with E-state index in [-0.39, 0.29) is 37.9 Å². The predicted octanol–water partition coefficient (Wildman–Crippen LogP) is -4.81. The summed E-state index contributed by atoms with van der Waals surface area (Å²) in [5.41, 5.74) is 9.32. The van der Waals surface area contributed by atoms with E-state index >= 15 is 0 Å². The third-order valence-corrected chi connectivity index (χ3v) is 11.7. The van der Waals surface area contributed by atoms with E-state index in [2.05, 4.69) is 30.6 Å². The van der Waals surface area contributed by atoms with Gasteiger partial charge in [-0.3, -0.25) is 67.6 Å². The Kier molecular flexibility index (Phi) is 29.7. The maximum absolute atomic E-state index is 12.1. The summed E-state index contributed by atoms with van der Waals surface area (Å²) in [6, 6.07) is -2.40. The maximum atomic E-state index is 12.1. The number of Topliss-reactive ketones (excluding diaryl/α,β-unsaturated/α-hetero) is 1. The molecule has 5 aliphatic carbocycles. The summed E-state index contributed by atoms with van der Waals surface area (Å²) < 4.78 is 18.4. The number of aliphatic carboxylic acids is 7. The number of hydrogen-bond donors (Lipinski definition) is 14. The molecule has 444 valence electrons. The summed E-state index contributed by atoms with van der Waals surface area (Å²) in [5.74, 6) is -14.6. The molecule has 0 radical (unpaired) electrons. The molecule has 17 atom stereocenters. The van der Waals surface area contributed by atoms with Crippen LogP contribution in [0.1, 0.15) is 52.9 Å². The summed E-state index contributed by atoms with van der Waals surface area (Å²) in [4.78, 5) is 137. The van der Waals surface area contributed by atoms with Crippen molar-refractivity contribution in [2.24, 2.45) is 70.6 Å². The number of rotatable bonds is 16. The molecule has 7 aliphatic rings. The number of carbonyl (C=O) groups excluding carboxylic acids is 6. The Balaban J connectivity index is -0.000000868. The van der Waals surface area contributed by atoms with E-state index in [1.54, 1.807) is 0 Å². The van der Waals surface area contributed by atoms with Gasteiger partial charge in [-0.2, -0.15) is 0 Å².